The largest absolute Gasteiger partial charge is 0.286 e. The number of hydrogen-bond acceptors (Lipinski definition) is 3. The highest BCUT2D eigenvalue weighted by Crippen LogP contribution is 2.18. The molecule has 0 saturated carbocycles. The summed E-state index contributed by atoms with van der Waals surface area (Å²) in [4.78, 5) is 19.8. The van der Waals surface area contributed by atoms with Gasteiger partial charge in [-0.3, -0.25) is 14.9 Å². The molecule has 0 atom stereocenters. The van der Waals surface area contributed by atoms with Gasteiger partial charge in [-0.25, -0.2) is 0 Å². The molecule has 0 aliphatic carbocycles. The molecule has 4 nitrogen and oxygen atoms in total. The maximum absolute atomic E-state index is 10.5. The standard InChI is InChI=1S/C9H6NO3/c11-7-3-5-8-4-1-2-6-9(8)10(12)13/h1-6H. The molecular formula is C9H6NO3. The Morgan fingerprint density at radius 3 is 2.69 bits per heavy atom. The summed E-state index contributed by atoms with van der Waals surface area (Å²) in [5, 5.41) is 10.5. The van der Waals surface area contributed by atoms with Crippen LogP contribution in [-0.4, -0.2) is 11.2 Å². The molecule has 0 bridgehead atoms. The van der Waals surface area contributed by atoms with Gasteiger partial charge in [0.15, 0.2) is 0 Å². The summed E-state index contributed by atoms with van der Waals surface area (Å²) in [5.41, 5.74) is 0.379. The summed E-state index contributed by atoms with van der Waals surface area (Å²) in [6, 6.07) is 6.17. The summed E-state index contributed by atoms with van der Waals surface area (Å²) in [6.07, 6.45) is 3.98. The Morgan fingerprint density at radius 1 is 1.38 bits per heavy atom. The summed E-state index contributed by atoms with van der Waals surface area (Å²) < 4.78 is 0. The van der Waals surface area contributed by atoms with Crippen LogP contribution in [0.4, 0.5) is 5.69 Å². The number of rotatable bonds is 3. The first-order valence-electron chi connectivity index (χ1n) is 3.53. The van der Waals surface area contributed by atoms with Crippen LogP contribution >= 0.6 is 0 Å². The van der Waals surface area contributed by atoms with E-state index in [4.69, 9.17) is 0 Å². The third kappa shape index (κ3) is 2.23. The molecule has 1 aromatic carbocycles. The van der Waals surface area contributed by atoms with Gasteiger partial charge in [0.05, 0.1) is 10.5 Å². The number of hydrogen-bond donors (Lipinski definition) is 0. The van der Waals surface area contributed by atoms with E-state index in [1.165, 1.54) is 18.4 Å². The van der Waals surface area contributed by atoms with Gasteiger partial charge in [-0.05, 0) is 18.2 Å². The first-order chi connectivity index (χ1) is 6.25. The van der Waals surface area contributed by atoms with Crippen LogP contribution in [0.3, 0.4) is 0 Å². The molecule has 0 amide bonds. The second-order valence-electron chi connectivity index (χ2n) is 2.27. The predicted molar refractivity (Wildman–Crippen MR) is 47.8 cm³/mol. The van der Waals surface area contributed by atoms with Crippen molar-refractivity contribution in [2.45, 2.75) is 0 Å². The van der Waals surface area contributed by atoms with Gasteiger partial charge in [0.1, 0.15) is 0 Å². The molecule has 0 N–H and O–H groups in total. The van der Waals surface area contributed by atoms with Gasteiger partial charge in [0.25, 0.3) is 5.69 Å². The summed E-state index contributed by atoms with van der Waals surface area (Å²) in [6.45, 7) is 0. The number of allylic oxidation sites excluding steroid dienone is 1. The molecule has 0 aliphatic heterocycles. The third-order valence-corrected chi connectivity index (χ3v) is 1.46. The molecule has 65 valence electrons. The lowest BCUT2D eigenvalue weighted by atomic mass is 10.2. The zero-order valence-corrected chi connectivity index (χ0v) is 6.64. The monoisotopic (exact) mass is 176 g/mol. The number of nitrogens with zero attached hydrogens (tertiary/aromatic N) is 1. The van der Waals surface area contributed by atoms with Crippen molar-refractivity contribution in [3.63, 3.8) is 0 Å². The van der Waals surface area contributed by atoms with Crippen molar-refractivity contribution in [2.24, 2.45) is 0 Å². The van der Waals surface area contributed by atoms with Gasteiger partial charge in [-0.2, -0.15) is 0 Å². The lowest BCUT2D eigenvalue weighted by Gasteiger charge is -1.94. The van der Waals surface area contributed by atoms with Gasteiger partial charge in [-0.15, -0.1) is 0 Å². The Hall–Kier alpha value is -1.97. The Bertz CT molecular complexity index is 358. The van der Waals surface area contributed by atoms with E-state index in [1.54, 1.807) is 18.2 Å². The highest BCUT2D eigenvalue weighted by Gasteiger charge is 2.08. The zero-order valence-electron chi connectivity index (χ0n) is 6.64. The predicted octanol–water partition coefficient (Wildman–Crippen LogP) is 1.72. The van der Waals surface area contributed by atoms with Crippen LogP contribution in [0.2, 0.25) is 0 Å². The van der Waals surface area contributed by atoms with E-state index < -0.39 is 4.92 Å². The molecule has 0 saturated heterocycles. The molecule has 1 radical (unpaired) electrons. The lowest BCUT2D eigenvalue weighted by molar-refractivity contribution is -0.385. The van der Waals surface area contributed by atoms with Crippen molar-refractivity contribution in [1.82, 2.24) is 0 Å². The SMILES string of the molecule is O=[C]C=Cc1ccccc1[N+](=O)[O-]. The molecule has 0 unspecified atom stereocenters. The molecule has 13 heavy (non-hydrogen) atoms. The maximum Gasteiger partial charge on any atom is 0.276 e. The van der Waals surface area contributed by atoms with Crippen LogP contribution in [0.5, 0.6) is 0 Å². The molecule has 0 spiro atoms. The fraction of sp³-hybridized carbons (Fsp3) is 0. The van der Waals surface area contributed by atoms with Crippen molar-refractivity contribution in [1.29, 1.82) is 0 Å². The van der Waals surface area contributed by atoms with E-state index in [-0.39, 0.29) is 5.69 Å². The number of carbonyl (C=O) groups excluding carboxylic acids is 1. The van der Waals surface area contributed by atoms with Gasteiger partial charge in [0, 0.05) is 6.07 Å². The smallest absolute Gasteiger partial charge is 0.276 e. The molecular weight excluding hydrogens is 170 g/mol. The molecule has 0 heterocycles. The van der Waals surface area contributed by atoms with E-state index >= 15 is 0 Å². The quantitative estimate of drug-likeness (QED) is 0.400. The van der Waals surface area contributed by atoms with Crippen LogP contribution in [0, 0.1) is 10.1 Å². The minimum Gasteiger partial charge on any atom is -0.286 e. The van der Waals surface area contributed by atoms with Gasteiger partial charge < -0.3 is 0 Å². The van der Waals surface area contributed by atoms with E-state index in [9.17, 15) is 14.9 Å². The summed E-state index contributed by atoms with van der Waals surface area (Å²) in [7, 11) is 0. The van der Waals surface area contributed by atoms with Gasteiger partial charge in [-0.1, -0.05) is 12.1 Å². The number of nitro groups is 1. The Balaban J connectivity index is 3.11. The van der Waals surface area contributed by atoms with E-state index in [0.29, 0.717) is 5.56 Å². The molecule has 0 fully saturated rings. The van der Waals surface area contributed by atoms with Crippen LogP contribution in [-0.2, 0) is 4.79 Å². The van der Waals surface area contributed by atoms with Crippen molar-refractivity contribution in [3.8, 4) is 0 Å². The minimum atomic E-state index is -0.496. The average Bonchev–Trinajstić information content (AvgIpc) is 2.15. The maximum atomic E-state index is 10.5. The molecule has 4 heteroatoms. The van der Waals surface area contributed by atoms with E-state index in [2.05, 4.69) is 0 Å². The van der Waals surface area contributed by atoms with Crippen molar-refractivity contribution >= 4 is 18.0 Å². The fourth-order valence-electron chi connectivity index (χ4n) is 0.919. The van der Waals surface area contributed by atoms with Crippen molar-refractivity contribution < 1.29 is 9.72 Å². The normalized spacial score (nSPS) is 10.2. The van der Waals surface area contributed by atoms with Crippen molar-refractivity contribution in [2.75, 3.05) is 0 Å². The van der Waals surface area contributed by atoms with Gasteiger partial charge >= 0.3 is 0 Å². The van der Waals surface area contributed by atoms with Crippen LogP contribution in [0.15, 0.2) is 30.3 Å². The Kier molecular flexibility index (Phi) is 2.92. The van der Waals surface area contributed by atoms with E-state index in [0.717, 1.165) is 6.08 Å². The zero-order chi connectivity index (χ0) is 9.68. The topological polar surface area (TPSA) is 60.2 Å². The molecule has 0 aliphatic rings. The second-order valence-corrected chi connectivity index (χ2v) is 2.27. The Labute approximate surface area is 74.7 Å². The average molecular weight is 176 g/mol. The molecule has 1 rings (SSSR count). The number of benzene rings is 1. The van der Waals surface area contributed by atoms with Crippen LogP contribution in [0.1, 0.15) is 5.56 Å². The summed E-state index contributed by atoms with van der Waals surface area (Å²) >= 11 is 0. The Morgan fingerprint density at radius 2 is 2.08 bits per heavy atom. The van der Waals surface area contributed by atoms with Crippen molar-refractivity contribution in [3.05, 3.63) is 46.0 Å². The second kappa shape index (κ2) is 4.15. The first kappa shape index (κ1) is 9.12. The minimum absolute atomic E-state index is 0.0194. The number of nitro benzene ring substituents is 1. The molecule has 0 aromatic heterocycles. The highest BCUT2D eigenvalue weighted by atomic mass is 16.6. The van der Waals surface area contributed by atoms with Crippen LogP contribution in [0.25, 0.3) is 6.08 Å². The summed E-state index contributed by atoms with van der Waals surface area (Å²) in [5.74, 6) is 0. The lowest BCUT2D eigenvalue weighted by Crippen LogP contribution is -1.90. The van der Waals surface area contributed by atoms with Crippen LogP contribution < -0.4 is 0 Å². The molecule has 1 aromatic rings. The first-order valence-corrected chi connectivity index (χ1v) is 3.53. The number of para-hydroxylation sites is 1. The van der Waals surface area contributed by atoms with E-state index in [1.807, 2.05) is 0 Å². The third-order valence-electron chi connectivity index (χ3n) is 1.46. The highest BCUT2D eigenvalue weighted by molar-refractivity contribution is 5.76. The fourth-order valence-corrected chi connectivity index (χ4v) is 0.919. The van der Waals surface area contributed by atoms with Gasteiger partial charge in [0.2, 0.25) is 6.29 Å².